The number of rotatable bonds is 5. The summed E-state index contributed by atoms with van der Waals surface area (Å²) in [6, 6.07) is 17.5. The molecule has 0 unspecified atom stereocenters. The van der Waals surface area contributed by atoms with Crippen LogP contribution in [0.5, 0.6) is 5.75 Å². The number of amides is 1. The van der Waals surface area contributed by atoms with Gasteiger partial charge in [0.15, 0.2) is 0 Å². The van der Waals surface area contributed by atoms with Gasteiger partial charge in [-0.15, -0.1) is 0 Å². The number of carbonyl (C=O) groups is 2. The van der Waals surface area contributed by atoms with Crippen molar-refractivity contribution in [3.05, 3.63) is 77.0 Å². The predicted molar refractivity (Wildman–Crippen MR) is 118 cm³/mol. The first kappa shape index (κ1) is 22.6. The Morgan fingerprint density at radius 1 is 1.03 bits per heavy atom. The first-order chi connectivity index (χ1) is 14.4. The summed E-state index contributed by atoms with van der Waals surface area (Å²) in [5.41, 5.74) is 5.83. The molecule has 0 bridgehead atoms. The lowest BCUT2D eigenvalue weighted by atomic mass is 10.1. The minimum atomic E-state index is -0.250. The van der Waals surface area contributed by atoms with Crippen molar-refractivity contribution in [1.29, 1.82) is 0 Å². The second-order valence-electron chi connectivity index (χ2n) is 6.65. The molecule has 0 saturated carbocycles. The summed E-state index contributed by atoms with van der Waals surface area (Å²) in [6.45, 7) is 8.17. The molecule has 156 valence electrons. The summed E-state index contributed by atoms with van der Waals surface area (Å²) in [5.74, 6) is 0.589. The van der Waals surface area contributed by atoms with Gasteiger partial charge in [0.25, 0.3) is 12.4 Å². The topological polar surface area (TPSA) is 88.5 Å². The minimum absolute atomic E-state index is 0.201. The largest absolute Gasteiger partial charge is 0.494 e. The van der Waals surface area contributed by atoms with E-state index in [1.54, 1.807) is 0 Å². The number of aryl methyl sites for hydroxylation is 3. The third kappa shape index (κ3) is 5.67. The van der Waals surface area contributed by atoms with E-state index in [2.05, 4.69) is 10.3 Å². The van der Waals surface area contributed by atoms with Crippen LogP contribution >= 0.6 is 0 Å². The number of carbonyl (C=O) groups excluding carboxylic acids is 1. The molecule has 3 rings (SSSR count). The van der Waals surface area contributed by atoms with Gasteiger partial charge >= 0.3 is 0 Å². The Balaban J connectivity index is 0.00000101. The summed E-state index contributed by atoms with van der Waals surface area (Å²) in [4.78, 5) is 25.9. The second-order valence-corrected chi connectivity index (χ2v) is 6.65. The molecule has 2 aromatic carbocycles. The maximum absolute atomic E-state index is 12.9. The molecular formula is C24H26N2O4. The fraction of sp³-hybridized carbons (Fsp3) is 0.208. The number of pyridine rings is 1. The number of hydrogen-bond donors (Lipinski definition) is 2. The fourth-order valence-electron chi connectivity index (χ4n) is 3.02. The number of nitrogens with one attached hydrogen (secondary N) is 1. The number of para-hydroxylation sites is 1. The highest BCUT2D eigenvalue weighted by molar-refractivity contribution is 6.05. The van der Waals surface area contributed by atoms with Crippen LogP contribution in [0, 0.1) is 20.8 Å². The van der Waals surface area contributed by atoms with Crippen LogP contribution in [-0.4, -0.2) is 29.1 Å². The maximum atomic E-state index is 12.9. The Kier molecular flexibility index (Phi) is 8.11. The van der Waals surface area contributed by atoms with Crippen molar-refractivity contribution in [1.82, 2.24) is 4.98 Å². The lowest BCUT2D eigenvalue weighted by molar-refractivity contribution is -0.122. The number of hydrogen-bond acceptors (Lipinski definition) is 4. The van der Waals surface area contributed by atoms with Gasteiger partial charge in [0.05, 0.1) is 12.3 Å². The lowest BCUT2D eigenvalue weighted by Crippen LogP contribution is -2.17. The molecule has 3 aromatic rings. The molecule has 0 aliphatic rings. The van der Waals surface area contributed by atoms with Crippen LogP contribution in [0.25, 0.3) is 11.3 Å². The molecule has 30 heavy (non-hydrogen) atoms. The first-order valence-electron chi connectivity index (χ1n) is 9.57. The van der Waals surface area contributed by atoms with E-state index < -0.39 is 0 Å². The number of ether oxygens (including phenoxy) is 1. The van der Waals surface area contributed by atoms with Crippen molar-refractivity contribution >= 4 is 18.1 Å². The van der Waals surface area contributed by atoms with Crippen LogP contribution in [0.2, 0.25) is 0 Å². The van der Waals surface area contributed by atoms with Gasteiger partial charge in [-0.3, -0.25) is 9.59 Å². The molecule has 1 aromatic heterocycles. The predicted octanol–water partition coefficient (Wildman–Crippen LogP) is 5.03. The summed E-state index contributed by atoms with van der Waals surface area (Å²) < 4.78 is 5.57. The van der Waals surface area contributed by atoms with Gasteiger partial charge in [-0.2, -0.15) is 0 Å². The normalized spacial score (nSPS) is 9.87. The Morgan fingerprint density at radius 3 is 2.30 bits per heavy atom. The van der Waals surface area contributed by atoms with Crippen LogP contribution in [0.3, 0.4) is 0 Å². The summed E-state index contributed by atoms with van der Waals surface area (Å²) in [6.07, 6.45) is 0. The SMILES string of the molecule is CCOc1cccc(-c2ccc(C)c(C(=O)Nc3c(C)cccc3C)n2)c1.O=CO. The second kappa shape index (κ2) is 10.8. The highest BCUT2D eigenvalue weighted by atomic mass is 16.5. The Bertz CT molecular complexity index is 1010. The molecule has 0 fully saturated rings. The Hall–Kier alpha value is -3.67. The number of carboxylic acid groups (broad SMARTS) is 1. The average Bonchev–Trinajstić information content (AvgIpc) is 2.72. The zero-order valence-corrected chi connectivity index (χ0v) is 17.6. The van der Waals surface area contributed by atoms with Crippen molar-refractivity contribution < 1.29 is 19.4 Å². The van der Waals surface area contributed by atoms with E-state index in [9.17, 15) is 4.79 Å². The highest BCUT2D eigenvalue weighted by Gasteiger charge is 2.15. The number of benzene rings is 2. The molecule has 6 heteroatoms. The molecule has 1 heterocycles. The minimum Gasteiger partial charge on any atom is -0.494 e. The van der Waals surface area contributed by atoms with Crippen molar-refractivity contribution in [2.75, 3.05) is 11.9 Å². The molecule has 1 amide bonds. The van der Waals surface area contributed by atoms with Crippen molar-refractivity contribution in [3.63, 3.8) is 0 Å². The van der Waals surface area contributed by atoms with Crippen LogP contribution in [-0.2, 0) is 4.79 Å². The molecule has 0 radical (unpaired) electrons. The van der Waals surface area contributed by atoms with E-state index in [1.807, 2.05) is 82.3 Å². The van der Waals surface area contributed by atoms with Gasteiger partial charge in [-0.05, 0) is 62.6 Å². The molecule has 2 N–H and O–H groups in total. The molecule has 6 nitrogen and oxygen atoms in total. The summed E-state index contributed by atoms with van der Waals surface area (Å²) in [7, 11) is 0. The third-order valence-corrected chi connectivity index (χ3v) is 4.47. The van der Waals surface area contributed by atoms with Gasteiger partial charge in [0, 0.05) is 11.3 Å². The van der Waals surface area contributed by atoms with Crippen LogP contribution in [0.4, 0.5) is 5.69 Å². The first-order valence-corrected chi connectivity index (χ1v) is 9.57. The van der Waals surface area contributed by atoms with Gasteiger partial charge < -0.3 is 15.2 Å². The zero-order chi connectivity index (χ0) is 22.1. The van der Waals surface area contributed by atoms with Gasteiger partial charge in [-0.25, -0.2) is 4.98 Å². The molecule has 0 aliphatic carbocycles. The van der Waals surface area contributed by atoms with E-state index in [0.717, 1.165) is 39.4 Å². The van der Waals surface area contributed by atoms with Gasteiger partial charge in [0.1, 0.15) is 11.4 Å². The van der Waals surface area contributed by atoms with Crippen molar-refractivity contribution in [3.8, 4) is 17.0 Å². The van der Waals surface area contributed by atoms with Gasteiger partial charge in [0.2, 0.25) is 0 Å². The molecular weight excluding hydrogens is 380 g/mol. The molecule has 0 atom stereocenters. The smallest absolute Gasteiger partial charge is 0.290 e. The maximum Gasteiger partial charge on any atom is 0.290 e. The quantitative estimate of drug-likeness (QED) is 0.581. The number of anilines is 1. The van der Waals surface area contributed by atoms with E-state index in [1.165, 1.54) is 0 Å². The van der Waals surface area contributed by atoms with Crippen LogP contribution < -0.4 is 10.1 Å². The fourth-order valence-corrected chi connectivity index (χ4v) is 3.02. The summed E-state index contributed by atoms with van der Waals surface area (Å²) in [5, 5.41) is 9.91. The average molecular weight is 406 g/mol. The molecule has 0 aliphatic heterocycles. The summed E-state index contributed by atoms with van der Waals surface area (Å²) >= 11 is 0. The van der Waals surface area contributed by atoms with Crippen LogP contribution in [0.1, 0.15) is 34.1 Å². The monoisotopic (exact) mass is 406 g/mol. The Labute approximate surface area is 176 Å². The third-order valence-electron chi connectivity index (χ3n) is 4.47. The van der Waals surface area contributed by atoms with E-state index >= 15 is 0 Å². The molecule has 0 spiro atoms. The van der Waals surface area contributed by atoms with Crippen molar-refractivity contribution in [2.24, 2.45) is 0 Å². The number of nitrogens with zero attached hydrogens (tertiary/aromatic N) is 1. The van der Waals surface area contributed by atoms with Gasteiger partial charge in [-0.1, -0.05) is 36.4 Å². The zero-order valence-electron chi connectivity index (χ0n) is 17.6. The van der Waals surface area contributed by atoms with Crippen LogP contribution in [0.15, 0.2) is 54.6 Å². The number of aromatic nitrogens is 1. The lowest BCUT2D eigenvalue weighted by Gasteiger charge is -2.13. The standard InChI is InChI=1S/C23H24N2O2.CH2O2/c1-5-27-19-11-7-10-18(14-19)20-13-12-17(4)22(24-20)23(26)25-21-15(2)8-6-9-16(21)3;2-1-3/h6-14H,5H2,1-4H3,(H,25,26);1H,(H,2,3). The van der Waals surface area contributed by atoms with E-state index in [0.29, 0.717) is 12.3 Å². The van der Waals surface area contributed by atoms with Crippen molar-refractivity contribution in [2.45, 2.75) is 27.7 Å². The highest BCUT2D eigenvalue weighted by Crippen LogP contribution is 2.25. The van der Waals surface area contributed by atoms with E-state index in [-0.39, 0.29) is 12.4 Å². The van der Waals surface area contributed by atoms with E-state index in [4.69, 9.17) is 14.6 Å². The molecule has 0 saturated heterocycles. The Morgan fingerprint density at radius 2 is 1.67 bits per heavy atom.